The van der Waals surface area contributed by atoms with Gasteiger partial charge in [0.05, 0.1) is 36.0 Å². The molecule has 0 aromatic heterocycles. The van der Waals surface area contributed by atoms with E-state index in [-0.39, 0.29) is 44.1 Å². The van der Waals surface area contributed by atoms with Crippen LogP contribution in [0.2, 0.25) is 0 Å². The van der Waals surface area contributed by atoms with Crippen LogP contribution in [-0.2, 0) is 20.9 Å². The van der Waals surface area contributed by atoms with Gasteiger partial charge < -0.3 is 39.7 Å². The highest BCUT2D eigenvalue weighted by Gasteiger charge is 2.41. The third kappa shape index (κ3) is 8.80. The molecule has 0 saturated heterocycles. The summed E-state index contributed by atoms with van der Waals surface area (Å²) >= 11 is 2.06. The molecule has 3 atom stereocenters. The minimum absolute atomic E-state index is 0.0572. The van der Waals surface area contributed by atoms with Crippen molar-refractivity contribution in [2.45, 2.75) is 71.5 Å². The molecule has 214 valence electrons. The molecule has 1 aliphatic carbocycles. The van der Waals surface area contributed by atoms with Crippen LogP contribution in [0.1, 0.15) is 46.1 Å². The van der Waals surface area contributed by atoms with Gasteiger partial charge in [-0.25, -0.2) is 0 Å². The summed E-state index contributed by atoms with van der Waals surface area (Å²) in [6.45, 7) is 7.94. The van der Waals surface area contributed by atoms with Gasteiger partial charge in [0, 0.05) is 37.6 Å². The lowest BCUT2D eigenvalue weighted by atomic mass is 9.87. The van der Waals surface area contributed by atoms with Crippen molar-refractivity contribution in [3.05, 3.63) is 32.9 Å². The number of aliphatic hydroxyl groups excluding tert-OH is 3. The number of nitrogens with one attached hydrogen (secondary N) is 1. The average molecular weight is 649 g/mol. The summed E-state index contributed by atoms with van der Waals surface area (Å²) in [6, 6.07) is 2.66. The topological polar surface area (TPSA) is 138 Å². The lowest BCUT2D eigenvalue weighted by Gasteiger charge is -2.41. The van der Waals surface area contributed by atoms with Crippen molar-refractivity contribution in [2.24, 2.45) is 5.92 Å². The summed E-state index contributed by atoms with van der Waals surface area (Å²) in [7, 11) is 1.48. The van der Waals surface area contributed by atoms with E-state index in [1.165, 1.54) is 7.11 Å². The van der Waals surface area contributed by atoms with Crippen molar-refractivity contribution in [1.29, 1.82) is 0 Å². The highest BCUT2D eigenvalue weighted by molar-refractivity contribution is 14.1. The summed E-state index contributed by atoms with van der Waals surface area (Å²) in [5.41, 5.74) is 0.984. The summed E-state index contributed by atoms with van der Waals surface area (Å²) in [5.74, 6) is -0.141. The van der Waals surface area contributed by atoms with Gasteiger partial charge in [-0.2, -0.15) is 0 Å². The zero-order chi connectivity index (χ0) is 28.4. The Labute approximate surface area is 238 Å². The van der Waals surface area contributed by atoms with Crippen LogP contribution in [0.3, 0.4) is 0 Å². The first kappa shape index (κ1) is 32.3. The molecule has 1 aromatic rings. The van der Waals surface area contributed by atoms with Crippen LogP contribution in [0.5, 0.6) is 11.5 Å². The van der Waals surface area contributed by atoms with Crippen LogP contribution in [0, 0.1) is 9.49 Å². The second-order valence-corrected chi connectivity index (χ2v) is 10.9. The first-order valence-electron chi connectivity index (χ1n) is 12.9. The van der Waals surface area contributed by atoms with E-state index in [9.17, 15) is 24.9 Å². The predicted molar refractivity (Wildman–Crippen MR) is 151 cm³/mol. The number of amides is 2. The molecule has 38 heavy (non-hydrogen) atoms. The molecular weight excluding hydrogens is 607 g/mol. The van der Waals surface area contributed by atoms with Crippen molar-refractivity contribution in [3.8, 4) is 11.5 Å². The number of benzene rings is 1. The quantitative estimate of drug-likeness (QED) is 0.178. The third-order valence-corrected chi connectivity index (χ3v) is 6.91. The van der Waals surface area contributed by atoms with Gasteiger partial charge in [0.2, 0.25) is 11.8 Å². The largest absolute Gasteiger partial charge is 0.493 e. The fourth-order valence-corrected chi connectivity index (χ4v) is 5.01. The second kappa shape index (κ2) is 15.6. The maximum Gasteiger partial charge on any atom is 0.247 e. The van der Waals surface area contributed by atoms with Crippen LogP contribution in [0.15, 0.2) is 23.8 Å². The highest BCUT2D eigenvalue weighted by Crippen LogP contribution is 2.37. The molecule has 0 bridgehead atoms. The summed E-state index contributed by atoms with van der Waals surface area (Å²) in [4.78, 5) is 27.9. The minimum atomic E-state index is -1.14. The molecule has 0 spiro atoms. The maximum atomic E-state index is 13.3. The lowest BCUT2D eigenvalue weighted by molar-refractivity contribution is -0.142. The Morgan fingerprint density at radius 3 is 2.50 bits per heavy atom. The monoisotopic (exact) mass is 648 g/mol. The van der Waals surface area contributed by atoms with Gasteiger partial charge in [-0.1, -0.05) is 13.8 Å². The van der Waals surface area contributed by atoms with E-state index < -0.39 is 24.2 Å². The van der Waals surface area contributed by atoms with Crippen molar-refractivity contribution in [3.63, 3.8) is 0 Å². The van der Waals surface area contributed by atoms with Crippen LogP contribution >= 0.6 is 22.6 Å². The van der Waals surface area contributed by atoms with Gasteiger partial charge in [-0.05, 0) is 66.6 Å². The molecule has 0 saturated carbocycles. The molecule has 0 unspecified atom stereocenters. The van der Waals surface area contributed by atoms with Gasteiger partial charge >= 0.3 is 0 Å². The molecular formula is C27H41IN2O8. The Morgan fingerprint density at radius 2 is 1.92 bits per heavy atom. The number of hydrogen-bond acceptors (Lipinski definition) is 8. The smallest absolute Gasteiger partial charge is 0.247 e. The predicted octanol–water partition coefficient (Wildman–Crippen LogP) is 2.01. The maximum absolute atomic E-state index is 13.3. The highest BCUT2D eigenvalue weighted by atomic mass is 127. The van der Waals surface area contributed by atoms with Gasteiger partial charge in [-0.3, -0.25) is 9.59 Å². The molecule has 2 rings (SSSR count). The Kier molecular flexibility index (Phi) is 13.3. The van der Waals surface area contributed by atoms with E-state index in [4.69, 9.17) is 14.2 Å². The third-order valence-electron chi connectivity index (χ3n) is 6.11. The van der Waals surface area contributed by atoms with Crippen LogP contribution in [0.4, 0.5) is 0 Å². The Morgan fingerprint density at radius 1 is 1.21 bits per heavy atom. The van der Waals surface area contributed by atoms with Gasteiger partial charge in [0.15, 0.2) is 11.5 Å². The van der Waals surface area contributed by atoms with Gasteiger partial charge in [0.25, 0.3) is 0 Å². The fraction of sp³-hybridized carbons (Fsp3) is 0.630. The number of ether oxygens (including phenoxy) is 3. The van der Waals surface area contributed by atoms with E-state index in [0.29, 0.717) is 45.8 Å². The van der Waals surface area contributed by atoms with Gasteiger partial charge in [-0.15, -0.1) is 0 Å². The van der Waals surface area contributed by atoms with Crippen molar-refractivity contribution in [2.75, 3.05) is 33.4 Å². The van der Waals surface area contributed by atoms with E-state index in [2.05, 4.69) is 27.9 Å². The van der Waals surface area contributed by atoms with Crippen molar-refractivity contribution < 1.29 is 39.1 Å². The normalized spacial score (nSPS) is 19.3. The van der Waals surface area contributed by atoms with E-state index in [1.54, 1.807) is 37.0 Å². The number of hydrogen-bond donors (Lipinski definition) is 4. The number of rotatable bonds is 14. The molecule has 0 fully saturated rings. The standard InChI is InChI=1S/C27H41IN2O8/c1-16(2)27(35)30(8-6-10-37-17(3)4)21-13-19(26(34)29-7-9-31)14-22(24(21)33)38-25-20(28)11-18(15-32)12-23(25)36-5/h11-12,14,16-17,21-22,24,31-33H,6-10,13,15H2,1-5H3,(H,29,34)/t21-,22+,24+/m1/s1. The molecule has 1 aromatic carbocycles. The summed E-state index contributed by atoms with van der Waals surface area (Å²) in [6.07, 6.45) is 0.191. The number of carbonyl (C=O) groups is 2. The number of aliphatic hydroxyl groups is 3. The zero-order valence-electron chi connectivity index (χ0n) is 22.8. The SMILES string of the molecule is COc1cc(CO)cc(I)c1O[C@H]1C=C(C(=O)NCCO)C[C@@H](N(CCCOC(C)C)C(=O)C(C)C)[C@@H]1O. The molecule has 1 aliphatic rings. The molecule has 11 heteroatoms. The van der Waals surface area contributed by atoms with E-state index >= 15 is 0 Å². The minimum Gasteiger partial charge on any atom is -0.493 e. The van der Waals surface area contributed by atoms with Crippen LogP contribution in [0.25, 0.3) is 0 Å². The zero-order valence-corrected chi connectivity index (χ0v) is 24.9. The Balaban J connectivity index is 2.45. The van der Waals surface area contributed by atoms with Crippen LogP contribution in [-0.4, -0.2) is 89.8 Å². The summed E-state index contributed by atoms with van der Waals surface area (Å²) < 4.78 is 18.0. The van der Waals surface area contributed by atoms with Crippen LogP contribution < -0.4 is 14.8 Å². The van der Waals surface area contributed by atoms with Gasteiger partial charge in [0.1, 0.15) is 12.2 Å². The number of halogens is 1. The molecule has 2 amide bonds. The first-order chi connectivity index (χ1) is 18.0. The number of nitrogens with zero attached hydrogens (tertiary/aromatic N) is 1. The second-order valence-electron chi connectivity index (χ2n) is 9.74. The van der Waals surface area contributed by atoms with Crippen molar-refractivity contribution in [1.82, 2.24) is 10.2 Å². The van der Waals surface area contributed by atoms with E-state index in [0.717, 1.165) is 0 Å². The number of methoxy groups -OCH3 is 1. The lowest BCUT2D eigenvalue weighted by Crippen LogP contribution is -2.56. The van der Waals surface area contributed by atoms with Crippen molar-refractivity contribution >= 4 is 34.4 Å². The Hall–Kier alpha value is -1.93. The molecule has 0 radical (unpaired) electrons. The molecule has 10 nitrogen and oxygen atoms in total. The fourth-order valence-electron chi connectivity index (χ4n) is 4.22. The van der Waals surface area contributed by atoms with E-state index in [1.807, 2.05) is 13.8 Å². The average Bonchev–Trinajstić information content (AvgIpc) is 2.88. The summed E-state index contributed by atoms with van der Waals surface area (Å²) in [5, 5.41) is 32.9. The number of carbonyl (C=O) groups excluding carboxylic acids is 2. The molecule has 0 aliphatic heterocycles. The molecule has 0 heterocycles. The first-order valence-corrected chi connectivity index (χ1v) is 14.0. The Bertz CT molecular complexity index is 969. The molecule has 4 N–H and O–H groups in total.